The molecule has 0 spiro atoms. The molecule has 2 aliphatic rings. The van der Waals surface area contributed by atoms with Gasteiger partial charge in [0.2, 0.25) is 5.91 Å². The largest absolute Gasteiger partial charge is 0.457 e. The highest BCUT2D eigenvalue weighted by atomic mass is 16.5. The quantitative estimate of drug-likeness (QED) is 0.729. The molecule has 6 nitrogen and oxygen atoms in total. The van der Waals surface area contributed by atoms with Crippen LogP contribution in [0.15, 0.2) is 48.5 Å². The zero-order valence-electron chi connectivity index (χ0n) is 16.7. The molecule has 0 saturated carbocycles. The van der Waals surface area contributed by atoms with E-state index in [1.165, 1.54) is 5.69 Å². The lowest BCUT2D eigenvalue weighted by molar-refractivity contribution is -0.132. The van der Waals surface area contributed by atoms with Gasteiger partial charge in [0.25, 0.3) is 0 Å². The Hall–Kier alpha value is -3.28. The second kappa shape index (κ2) is 6.95. The summed E-state index contributed by atoms with van der Waals surface area (Å²) in [6, 6.07) is 15.7. The van der Waals surface area contributed by atoms with Crippen molar-refractivity contribution in [3.63, 3.8) is 0 Å². The molecule has 2 aromatic carbocycles. The molecule has 3 heterocycles. The lowest BCUT2D eigenvalue weighted by atomic mass is 9.86. The predicted octanol–water partition coefficient (Wildman–Crippen LogP) is 3.61. The molecule has 0 radical (unpaired) electrons. The van der Waals surface area contributed by atoms with Crippen LogP contribution in [-0.4, -0.2) is 47.2 Å². The van der Waals surface area contributed by atoms with Crippen LogP contribution < -0.4 is 9.64 Å². The van der Waals surface area contributed by atoms with E-state index in [-0.39, 0.29) is 11.8 Å². The number of hydrogen-bond acceptors (Lipinski definition) is 4. The van der Waals surface area contributed by atoms with Gasteiger partial charge < -0.3 is 14.5 Å². The van der Waals surface area contributed by atoms with Crippen molar-refractivity contribution in [2.75, 3.05) is 31.1 Å². The number of carbonyl (C=O) groups excluding carboxylic acids is 1. The SMILES string of the molecule is Cc1n[nH]c(C)c1N1CCN(C(=O)C2c3ccccc3Oc3ccccc32)CC1. The van der Waals surface area contributed by atoms with Crippen molar-refractivity contribution in [2.45, 2.75) is 19.8 Å². The first-order valence-electron chi connectivity index (χ1n) is 10.0. The van der Waals surface area contributed by atoms with E-state index in [0.717, 1.165) is 47.1 Å². The Morgan fingerprint density at radius 3 is 2.10 bits per heavy atom. The van der Waals surface area contributed by atoms with Crippen LogP contribution in [0, 0.1) is 13.8 Å². The van der Waals surface area contributed by atoms with E-state index in [4.69, 9.17) is 4.74 Å². The smallest absolute Gasteiger partial charge is 0.234 e. The standard InChI is InChI=1S/C23H24N4O2/c1-15-22(16(2)25-24-15)26-11-13-27(14-12-26)23(28)21-17-7-3-5-9-19(17)29-20-10-6-4-8-18(20)21/h3-10,21H,11-14H2,1-2H3,(H,24,25). The molecule has 6 heteroatoms. The van der Waals surface area contributed by atoms with E-state index in [1.807, 2.05) is 67.3 Å². The van der Waals surface area contributed by atoms with Gasteiger partial charge in [0, 0.05) is 37.3 Å². The summed E-state index contributed by atoms with van der Waals surface area (Å²) in [6.45, 7) is 7.07. The number of aromatic nitrogens is 2. The van der Waals surface area contributed by atoms with Crippen molar-refractivity contribution >= 4 is 11.6 Å². The summed E-state index contributed by atoms with van der Waals surface area (Å²) in [6.07, 6.45) is 0. The Labute approximate surface area is 170 Å². The highest BCUT2D eigenvalue weighted by Crippen LogP contribution is 2.44. The minimum absolute atomic E-state index is 0.147. The van der Waals surface area contributed by atoms with Gasteiger partial charge >= 0.3 is 0 Å². The van der Waals surface area contributed by atoms with Gasteiger partial charge in [-0.1, -0.05) is 36.4 Å². The molecule has 1 saturated heterocycles. The van der Waals surface area contributed by atoms with E-state index in [0.29, 0.717) is 13.1 Å². The number of benzene rings is 2. The lowest BCUT2D eigenvalue weighted by Gasteiger charge is -2.38. The van der Waals surface area contributed by atoms with E-state index in [1.54, 1.807) is 0 Å². The van der Waals surface area contributed by atoms with Crippen LogP contribution in [0.3, 0.4) is 0 Å². The Bertz CT molecular complexity index is 1000. The van der Waals surface area contributed by atoms with Gasteiger partial charge in [-0.2, -0.15) is 5.10 Å². The van der Waals surface area contributed by atoms with Crippen molar-refractivity contribution in [1.82, 2.24) is 15.1 Å². The number of hydrogen-bond donors (Lipinski definition) is 1. The molecular formula is C23H24N4O2. The molecule has 0 aliphatic carbocycles. The number of ether oxygens (including phenoxy) is 1. The first-order valence-corrected chi connectivity index (χ1v) is 10.0. The van der Waals surface area contributed by atoms with Gasteiger partial charge in [0.15, 0.2) is 0 Å². The van der Waals surface area contributed by atoms with E-state index in [9.17, 15) is 4.79 Å². The normalized spacial score (nSPS) is 16.2. The van der Waals surface area contributed by atoms with E-state index < -0.39 is 0 Å². The molecule has 0 bridgehead atoms. The van der Waals surface area contributed by atoms with Crippen LogP contribution in [0.2, 0.25) is 0 Å². The molecule has 0 atom stereocenters. The number of anilines is 1. The summed E-state index contributed by atoms with van der Waals surface area (Å²) >= 11 is 0. The van der Waals surface area contributed by atoms with Gasteiger partial charge in [-0.15, -0.1) is 0 Å². The molecule has 0 unspecified atom stereocenters. The van der Waals surface area contributed by atoms with Gasteiger partial charge in [-0.3, -0.25) is 9.89 Å². The second-order valence-electron chi connectivity index (χ2n) is 7.71. The average Bonchev–Trinajstić information content (AvgIpc) is 3.09. The molecule has 29 heavy (non-hydrogen) atoms. The molecule has 2 aliphatic heterocycles. The number of nitrogens with one attached hydrogen (secondary N) is 1. The fourth-order valence-corrected chi connectivity index (χ4v) is 4.52. The number of nitrogens with zero attached hydrogens (tertiary/aromatic N) is 3. The number of para-hydroxylation sites is 2. The number of rotatable bonds is 2. The molecular weight excluding hydrogens is 364 g/mol. The molecule has 1 amide bonds. The first-order chi connectivity index (χ1) is 14.1. The van der Waals surface area contributed by atoms with Gasteiger partial charge in [0.1, 0.15) is 11.5 Å². The monoisotopic (exact) mass is 388 g/mol. The van der Waals surface area contributed by atoms with Crippen molar-refractivity contribution in [3.8, 4) is 11.5 Å². The van der Waals surface area contributed by atoms with Gasteiger partial charge in [0.05, 0.1) is 23.0 Å². The third kappa shape index (κ3) is 2.95. The number of aryl methyl sites for hydroxylation is 2. The second-order valence-corrected chi connectivity index (χ2v) is 7.71. The van der Waals surface area contributed by atoms with Crippen LogP contribution in [-0.2, 0) is 4.79 Å². The highest BCUT2D eigenvalue weighted by molar-refractivity contribution is 5.90. The van der Waals surface area contributed by atoms with Crippen molar-refractivity contribution in [2.24, 2.45) is 0 Å². The Morgan fingerprint density at radius 2 is 1.55 bits per heavy atom. The fourth-order valence-electron chi connectivity index (χ4n) is 4.52. The van der Waals surface area contributed by atoms with Gasteiger partial charge in [-0.25, -0.2) is 0 Å². The maximum atomic E-state index is 13.6. The summed E-state index contributed by atoms with van der Waals surface area (Å²) in [5.41, 5.74) is 5.14. The maximum Gasteiger partial charge on any atom is 0.234 e. The fraction of sp³-hybridized carbons (Fsp3) is 0.304. The number of fused-ring (bicyclic) bond motifs is 2. The van der Waals surface area contributed by atoms with Crippen LogP contribution in [0.4, 0.5) is 5.69 Å². The maximum absolute atomic E-state index is 13.6. The predicted molar refractivity (Wildman–Crippen MR) is 112 cm³/mol. The van der Waals surface area contributed by atoms with E-state index in [2.05, 4.69) is 15.1 Å². The minimum Gasteiger partial charge on any atom is -0.457 e. The number of piperazine rings is 1. The Morgan fingerprint density at radius 1 is 0.966 bits per heavy atom. The van der Waals surface area contributed by atoms with Gasteiger partial charge in [-0.05, 0) is 26.0 Å². The Balaban J connectivity index is 1.41. The van der Waals surface area contributed by atoms with Crippen LogP contribution in [0.5, 0.6) is 11.5 Å². The summed E-state index contributed by atoms with van der Waals surface area (Å²) in [5.74, 6) is 1.37. The summed E-state index contributed by atoms with van der Waals surface area (Å²) in [5, 5.41) is 7.36. The number of carbonyl (C=O) groups is 1. The zero-order chi connectivity index (χ0) is 20.0. The van der Waals surface area contributed by atoms with Crippen molar-refractivity contribution in [3.05, 3.63) is 71.0 Å². The molecule has 1 aromatic heterocycles. The summed E-state index contributed by atoms with van der Waals surface area (Å²) in [4.78, 5) is 18.0. The third-order valence-electron chi connectivity index (χ3n) is 5.92. The molecule has 1 fully saturated rings. The summed E-state index contributed by atoms with van der Waals surface area (Å²) in [7, 11) is 0. The molecule has 148 valence electrons. The average molecular weight is 388 g/mol. The van der Waals surface area contributed by atoms with E-state index >= 15 is 0 Å². The number of aromatic amines is 1. The van der Waals surface area contributed by atoms with Crippen molar-refractivity contribution in [1.29, 1.82) is 0 Å². The number of amides is 1. The van der Waals surface area contributed by atoms with Crippen LogP contribution >= 0.6 is 0 Å². The topological polar surface area (TPSA) is 61.5 Å². The minimum atomic E-state index is -0.319. The zero-order valence-corrected chi connectivity index (χ0v) is 16.7. The molecule has 5 rings (SSSR count). The highest BCUT2D eigenvalue weighted by Gasteiger charge is 2.36. The first kappa shape index (κ1) is 17.8. The van der Waals surface area contributed by atoms with Crippen molar-refractivity contribution < 1.29 is 9.53 Å². The van der Waals surface area contributed by atoms with Crippen LogP contribution in [0.1, 0.15) is 28.4 Å². The molecule has 3 aromatic rings. The third-order valence-corrected chi connectivity index (χ3v) is 5.92. The summed E-state index contributed by atoms with van der Waals surface area (Å²) < 4.78 is 6.05. The number of H-pyrrole nitrogens is 1. The Kier molecular flexibility index (Phi) is 4.27. The lowest BCUT2D eigenvalue weighted by Crippen LogP contribution is -2.50. The molecule has 1 N–H and O–H groups in total. The van der Waals surface area contributed by atoms with Crippen LogP contribution in [0.25, 0.3) is 0 Å².